The van der Waals surface area contributed by atoms with E-state index in [0.717, 1.165) is 42.5 Å². The standard InChI is InChI=1S/C16H15FN2O7S/c17-8-16(18,15(22)23)14(9-1-6-12(20)13(21)7-9)27(26)11-4-2-10(3-5-11)19(24)25/h1-7,14,20-21H,8,18H2,(H,22,23)/t14?,16-,27?/m0/s1. The van der Waals surface area contributed by atoms with E-state index in [1.807, 2.05) is 0 Å². The maximum absolute atomic E-state index is 13.6. The maximum atomic E-state index is 13.6. The van der Waals surface area contributed by atoms with Crippen LogP contribution >= 0.6 is 0 Å². The average molecular weight is 398 g/mol. The number of carbonyl (C=O) groups is 1. The number of aromatic hydroxyl groups is 2. The van der Waals surface area contributed by atoms with Crippen LogP contribution in [0.2, 0.25) is 0 Å². The summed E-state index contributed by atoms with van der Waals surface area (Å²) in [4.78, 5) is 21.6. The molecule has 0 radical (unpaired) electrons. The molecule has 0 bridgehead atoms. The van der Waals surface area contributed by atoms with Crippen LogP contribution in [0.5, 0.6) is 11.5 Å². The van der Waals surface area contributed by atoms with Crippen molar-refractivity contribution in [2.24, 2.45) is 5.73 Å². The summed E-state index contributed by atoms with van der Waals surface area (Å²) in [5.41, 5.74) is 2.71. The number of nitro benzene ring substituents is 1. The first-order valence-corrected chi connectivity index (χ1v) is 8.58. The highest BCUT2D eigenvalue weighted by atomic mass is 32.2. The SMILES string of the molecule is N[C@](CF)(C(=O)O)C(c1ccc(O)c(O)c1)S(=O)c1ccc([N+](=O)[O-])cc1. The lowest BCUT2D eigenvalue weighted by molar-refractivity contribution is -0.384. The fraction of sp³-hybridized carbons (Fsp3) is 0.188. The highest BCUT2D eigenvalue weighted by Gasteiger charge is 2.47. The summed E-state index contributed by atoms with van der Waals surface area (Å²) in [5, 5.41) is 37.6. The van der Waals surface area contributed by atoms with Gasteiger partial charge < -0.3 is 21.1 Å². The first-order valence-electron chi connectivity index (χ1n) is 7.37. The van der Waals surface area contributed by atoms with E-state index in [0.29, 0.717) is 0 Å². The lowest BCUT2D eigenvalue weighted by Gasteiger charge is -2.31. The number of alkyl halides is 1. The summed E-state index contributed by atoms with van der Waals surface area (Å²) in [6, 6.07) is 7.52. The molecular formula is C16H15FN2O7S. The summed E-state index contributed by atoms with van der Waals surface area (Å²) in [5.74, 6) is -2.92. The van der Waals surface area contributed by atoms with Crippen molar-refractivity contribution in [2.75, 3.05) is 6.67 Å². The van der Waals surface area contributed by atoms with Crippen LogP contribution in [-0.2, 0) is 15.6 Å². The molecule has 2 aromatic carbocycles. The van der Waals surface area contributed by atoms with Crippen LogP contribution in [-0.4, -0.2) is 42.6 Å². The van der Waals surface area contributed by atoms with E-state index in [4.69, 9.17) is 5.73 Å². The topological polar surface area (TPSA) is 164 Å². The van der Waals surface area contributed by atoms with Gasteiger partial charge in [-0.3, -0.25) is 19.1 Å². The third-order valence-electron chi connectivity index (χ3n) is 3.88. The van der Waals surface area contributed by atoms with Crippen LogP contribution in [0, 0.1) is 10.1 Å². The van der Waals surface area contributed by atoms with Gasteiger partial charge in [0.15, 0.2) is 17.0 Å². The number of hydrogen-bond acceptors (Lipinski definition) is 7. The van der Waals surface area contributed by atoms with E-state index in [1.54, 1.807) is 0 Å². The van der Waals surface area contributed by atoms with E-state index in [-0.39, 0.29) is 16.1 Å². The Bertz CT molecular complexity index is 906. The van der Waals surface area contributed by atoms with Crippen LogP contribution in [0.25, 0.3) is 0 Å². The van der Waals surface area contributed by atoms with Gasteiger partial charge >= 0.3 is 5.97 Å². The molecule has 0 amide bonds. The van der Waals surface area contributed by atoms with Crippen LogP contribution in [0.3, 0.4) is 0 Å². The molecule has 9 nitrogen and oxygen atoms in total. The third-order valence-corrected chi connectivity index (χ3v) is 5.74. The number of phenolic OH excluding ortho intramolecular Hbond substituents is 2. The predicted octanol–water partition coefficient (Wildman–Crippen LogP) is 1.61. The summed E-state index contributed by atoms with van der Waals surface area (Å²) in [7, 11) is -2.26. The summed E-state index contributed by atoms with van der Waals surface area (Å²) in [6.45, 7) is -1.58. The van der Waals surface area contributed by atoms with Crippen LogP contribution in [0.4, 0.5) is 10.1 Å². The van der Waals surface area contributed by atoms with Gasteiger partial charge in [-0.1, -0.05) is 6.07 Å². The molecule has 144 valence electrons. The largest absolute Gasteiger partial charge is 0.504 e. The Labute approximate surface area is 154 Å². The molecule has 3 atom stereocenters. The number of nitrogens with two attached hydrogens (primary N) is 1. The molecule has 0 aliphatic rings. The number of hydrogen-bond donors (Lipinski definition) is 4. The summed E-state index contributed by atoms with van der Waals surface area (Å²) >= 11 is 0. The Balaban J connectivity index is 2.60. The molecule has 2 aromatic rings. The molecule has 2 unspecified atom stereocenters. The van der Waals surface area contributed by atoms with Gasteiger partial charge in [0.05, 0.1) is 21.0 Å². The second-order valence-electron chi connectivity index (χ2n) is 5.66. The second kappa shape index (κ2) is 7.68. The van der Waals surface area contributed by atoms with Gasteiger partial charge in [-0.15, -0.1) is 0 Å². The highest BCUT2D eigenvalue weighted by Crippen LogP contribution is 2.38. The van der Waals surface area contributed by atoms with E-state index in [9.17, 15) is 38.8 Å². The van der Waals surface area contributed by atoms with Crippen molar-refractivity contribution >= 4 is 22.5 Å². The van der Waals surface area contributed by atoms with E-state index < -0.39 is 50.7 Å². The molecule has 27 heavy (non-hydrogen) atoms. The van der Waals surface area contributed by atoms with Crippen molar-refractivity contribution in [1.82, 2.24) is 0 Å². The molecule has 0 aliphatic carbocycles. The molecule has 11 heteroatoms. The zero-order valence-electron chi connectivity index (χ0n) is 13.6. The zero-order chi connectivity index (χ0) is 20.4. The molecule has 5 N–H and O–H groups in total. The zero-order valence-corrected chi connectivity index (χ0v) is 14.4. The van der Waals surface area contributed by atoms with Crippen LogP contribution in [0.1, 0.15) is 10.8 Å². The number of nitrogens with zero attached hydrogens (tertiary/aromatic N) is 1. The quantitative estimate of drug-likeness (QED) is 0.310. The lowest BCUT2D eigenvalue weighted by Crippen LogP contribution is -2.56. The molecule has 0 saturated carbocycles. The highest BCUT2D eigenvalue weighted by molar-refractivity contribution is 7.85. The predicted molar refractivity (Wildman–Crippen MR) is 92.5 cm³/mol. The molecule has 0 heterocycles. The van der Waals surface area contributed by atoms with Crippen molar-refractivity contribution in [2.45, 2.75) is 15.7 Å². The minimum atomic E-state index is -2.62. The number of benzene rings is 2. The number of nitro groups is 1. The Morgan fingerprint density at radius 1 is 1.22 bits per heavy atom. The molecular weight excluding hydrogens is 383 g/mol. The normalized spacial score (nSPS) is 15.5. The van der Waals surface area contributed by atoms with Crippen molar-refractivity contribution < 1.29 is 33.6 Å². The summed E-state index contributed by atoms with van der Waals surface area (Å²) < 4.78 is 26.6. The van der Waals surface area contributed by atoms with E-state index in [1.165, 1.54) is 0 Å². The summed E-state index contributed by atoms with van der Waals surface area (Å²) in [6.07, 6.45) is 0. The van der Waals surface area contributed by atoms with Gasteiger partial charge in [-0.05, 0) is 29.8 Å². The molecule has 0 fully saturated rings. The molecule has 0 aliphatic heterocycles. The fourth-order valence-corrected chi connectivity index (χ4v) is 4.01. The molecule has 0 spiro atoms. The van der Waals surface area contributed by atoms with Crippen molar-refractivity contribution in [3.05, 3.63) is 58.1 Å². The minimum Gasteiger partial charge on any atom is -0.504 e. The fourth-order valence-electron chi connectivity index (χ4n) is 2.39. The van der Waals surface area contributed by atoms with Crippen molar-refractivity contribution in [3.8, 4) is 11.5 Å². The third kappa shape index (κ3) is 3.88. The Kier molecular flexibility index (Phi) is 5.76. The number of aliphatic carboxylic acids is 1. The first-order chi connectivity index (χ1) is 12.6. The van der Waals surface area contributed by atoms with Crippen molar-refractivity contribution in [3.63, 3.8) is 0 Å². The number of phenols is 2. The second-order valence-corrected chi connectivity index (χ2v) is 7.19. The van der Waals surface area contributed by atoms with E-state index in [2.05, 4.69) is 0 Å². The molecule has 0 saturated heterocycles. The monoisotopic (exact) mass is 398 g/mol. The molecule has 0 aromatic heterocycles. The average Bonchev–Trinajstić information content (AvgIpc) is 2.64. The Morgan fingerprint density at radius 2 is 1.81 bits per heavy atom. The Morgan fingerprint density at radius 3 is 2.26 bits per heavy atom. The molecule has 2 rings (SSSR count). The van der Waals surface area contributed by atoms with E-state index >= 15 is 0 Å². The van der Waals surface area contributed by atoms with Crippen molar-refractivity contribution in [1.29, 1.82) is 0 Å². The van der Waals surface area contributed by atoms with Crippen LogP contribution < -0.4 is 5.73 Å². The maximum Gasteiger partial charge on any atom is 0.328 e. The number of carboxylic acid groups (broad SMARTS) is 1. The minimum absolute atomic E-state index is 0.0253. The number of halogens is 1. The van der Waals surface area contributed by atoms with Crippen LogP contribution in [0.15, 0.2) is 47.4 Å². The van der Waals surface area contributed by atoms with Gasteiger partial charge in [-0.25, -0.2) is 4.39 Å². The first kappa shape index (κ1) is 20.3. The van der Waals surface area contributed by atoms with Gasteiger partial charge in [0.1, 0.15) is 6.67 Å². The van der Waals surface area contributed by atoms with Gasteiger partial charge in [0, 0.05) is 17.0 Å². The number of carboxylic acids is 1. The van der Waals surface area contributed by atoms with Gasteiger partial charge in [0.25, 0.3) is 5.69 Å². The Hall–Kier alpha value is -3.05. The van der Waals surface area contributed by atoms with Gasteiger partial charge in [0.2, 0.25) is 0 Å². The number of rotatable bonds is 7. The smallest absolute Gasteiger partial charge is 0.328 e. The lowest BCUT2D eigenvalue weighted by atomic mass is 9.92. The number of non-ortho nitro benzene ring substituents is 1. The van der Waals surface area contributed by atoms with Gasteiger partial charge in [-0.2, -0.15) is 0 Å².